The van der Waals surface area contributed by atoms with E-state index in [1.807, 2.05) is 72.8 Å². The van der Waals surface area contributed by atoms with Crippen LogP contribution in [0.4, 0.5) is 0 Å². The van der Waals surface area contributed by atoms with Gasteiger partial charge in [0.1, 0.15) is 114 Å². The first-order valence-corrected chi connectivity index (χ1v) is 45.8. The van der Waals surface area contributed by atoms with Crippen LogP contribution in [0, 0.1) is 27.7 Å². The zero-order valence-corrected chi connectivity index (χ0v) is 77.9. The van der Waals surface area contributed by atoms with Gasteiger partial charge in [-0.3, -0.25) is 0 Å². The lowest BCUT2D eigenvalue weighted by molar-refractivity contribution is -0.139. The zero-order chi connectivity index (χ0) is 97.2. The number of fused-ring (bicyclic) bond motifs is 15. The number of hydrogen-bond donors (Lipinski definition) is 0. The quantitative estimate of drug-likeness (QED) is 0.0154. The van der Waals surface area contributed by atoms with Crippen molar-refractivity contribution >= 4 is 68.1 Å². The molecule has 0 aromatic heterocycles. The van der Waals surface area contributed by atoms with E-state index in [2.05, 4.69) is 298 Å². The van der Waals surface area contributed by atoms with Gasteiger partial charge in [0.25, 0.3) is 0 Å². The summed E-state index contributed by atoms with van der Waals surface area (Å²) in [6, 6.07) is 106. The topological polar surface area (TPSA) is 213 Å². The number of ether oxygens (including phenoxy) is 12. The van der Waals surface area contributed by atoms with Gasteiger partial charge in [-0.15, -0.1) is 0 Å². The molecule has 0 N–H and O–H groups in total. The van der Waals surface area contributed by atoms with Crippen LogP contribution < -0.4 is 28.4 Å². The van der Waals surface area contributed by atoms with E-state index >= 15 is 0 Å². The van der Waals surface area contributed by atoms with Crippen molar-refractivity contribution in [3.05, 3.63) is 468 Å². The maximum absolute atomic E-state index is 11.4. The molecule has 18 heteroatoms. The van der Waals surface area contributed by atoms with Crippen LogP contribution in [0.15, 0.2) is 379 Å². The minimum absolute atomic E-state index is 0.133. The van der Waals surface area contributed by atoms with Crippen LogP contribution in [0.25, 0.3) is 65.7 Å². The van der Waals surface area contributed by atoms with Gasteiger partial charge in [0.2, 0.25) is 0 Å². The Morgan fingerprint density at radius 1 is 0.223 bits per heavy atom. The first-order chi connectivity index (χ1) is 67.7. The number of carbonyl (C=O) groups is 6. The fraction of sp³-hybridized carbons (Fsp3) is 0.157. The first kappa shape index (κ1) is 95.3. The monoisotopic (exact) mass is 1840 g/mol. The Labute approximate surface area is 808 Å². The van der Waals surface area contributed by atoms with E-state index in [0.717, 1.165) is 69.8 Å². The second kappa shape index (κ2) is 43.2. The Balaban J connectivity index is 0.000000151. The number of benzene rings is 15. The molecule has 18 rings (SSSR count). The molecule has 0 unspecified atom stereocenters. The van der Waals surface area contributed by atoms with Crippen LogP contribution in [0.1, 0.15) is 89.0 Å². The van der Waals surface area contributed by atoms with Gasteiger partial charge in [-0.2, -0.15) is 0 Å². The van der Waals surface area contributed by atoms with Gasteiger partial charge in [-0.05, 0) is 233 Å². The Bertz CT molecular complexity index is 6960. The van der Waals surface area contributed by atoms with E-state index in [1.54, 1.807) is 0 Å². The summed E-state index contributed by atoms with van der Waals surface area (Å²) in [6.45, 7) is 31.2. The van der Waals surface area contributed by atoms with E-state index in [-0.39, 0.29) is 79.3 Å². The van der Waals surface area contributed by atoms with Gasteiger partial charge < -0.3 is 56.8 Å². The minimum Gasteiger partial charge on any atom is -0.490 e. The number of carbonyl (C=O) groups excluding carboxylic acids is 6. The molecule has 0 saturated carbocycles. The van der Waals surface area contributed by atoms with Crippen LogP contribution in [0.3, 0.4) is 0 Å². The number of rotatable bonds is 36. The largest absolute Gasteiger partial charge is 0.490 e. The van der Waals surface area contributed by atoms with E-state index in [4.69, 9.17) is 56.8 Å². The summed E-state index contributed by atoms with van der Waals surface area (Å²) in [5, 5.41) is 7.15. The summed E-state index contributed by atoms with van der Waals surface area (Å²) in [6.07, 6.45) is 6.81. The molecule has 0 bridgehead atoms. The highest BCUT2D eigenvalue weighted by molar-refractivity contribution is 6.07. The maximum atomic E-state index is 11.4. The average molecular weight is 1850 g/mol. The molecule has 15 aromatic rings. The van der Waals surface area contributed by atoms with Crippen LogP contribution in [-0.2, 0) is 73.4 Å². The van der Waals surface area contributed by atoms with Crippen molar-refractivity contribution in [3.8, 4) is 67.9 Å². The van der Waals surface area contributed by atoms with Crippen LogP contribution in [0.2, 0.25) is 0 Å². The zero-order valence-electron chi connectivity index (χ0n) is 77.9. The molecule has 0 fully saturated rings. The van der Waals surface area contributed by atoms with Crippen LogP contribution in [0.5, 0.6) is 34.5 Å². The van der Waals surface area contributed by atoms with Crippen molar-refractivity contribution in [3.63, 3.8) is 0 Å². The van der Waals surface area contributed by atoms with Crippen molar-refractivity contribution in [2.45, 2.75) is 43.9 Å². The highest BCUT2D eigenvalue weighted by Crippen LogP contribution is 2.62. The third-order valence-corrected chi connectivity index (χ3v) is 25.1. The van der Waals surface area contributed by atoms with Crippen LogP contribution >= 0.6 is 0 Å². The Morgan fingerprint density at radius 3 is 0.784 bits per heavy atom. The lowest BCUT2D eigenvalue weighted by Crippen LogP contribution is -2.29. The lowest BCUT2D eigenvalue weighted by atomic mass is 9.66. The third-order valence-electron chi connectivity index (χ3n) is 25.1. The smallest absolute Gasteiger partial charge is 0.330 e. The molecule has 0 spiro atoms. The van der Waals surface area contributed by atoms with Gasteiger partial charge in [-0.1, -0.05) is 292 Å². The van der Waals surface area contributed by atoms with E-state index in [9.17, 15) is 28.8 Å². The van der Waals surface area contributed by atoms with E-state index in [1.165, 1.54) is 121 Å². The van der Waals surface area contributed by atoms with Crippen molar-refractivity contribution in [1.29, 1.82) is 0 Å². The summed E-state index contributed by atoms with van der Waals surface area (Å²) < 4.78 is 65.8. The van der Waals surface area contributed by atoms with E-state index in [0.29, 0.717) is 34.5 Å². The molecule has 18 nitrogen and oxygen atoms in total. The normalized spacial score (nSPS) is 12.5. The van der Waals surface area contributed by atoms with Crippen molar-refractivity contribution in [2.24, 2.45) is 0 Å². The average Bonchev–Trinajstić information content (AvgIpc) is 1.54. The molecule has 0 radical (unpaired) electrons. The minimum atomic E-state index is -0.645. The summed E-state index contributed by atoms with van der Waals surface area (Å²) in [5.74, 6) is 1.20. The SMILES string of the molecule is C=CC(=O)OCCOc1ccc(C2(c3ccc(OCCOC(=O)C=C)cc3)c3cc(C)ccc3-c3c2ccc2ccc(C)cc32)cc1.C=CC(=O)OCCOc1ccc(C2(c3ccc(OCCOC(=O)C=C)cc3)c3cc(C)ccc3-c3c2ccc2ccccc32)cc1.C=CC(=O)OCCOc1ccc(C2(c3ccc(OCCOC(=O)C=C)cc3)c3cc(C)ccc3-c3ccc4ccccc4c32)cc1. The molecule has 0 saturated heterocycles. The van der Waals surface area contributed by atoms with Crippen molar-refractivity contribution in [2.75, 3.05) is 79.3 Å². The molecule has 0 atom stereocenters. The molecule has 0 aliphatic heterocycles. The molecule has 0 heterocycles. The lowest BCUT2D eigenvalue weighted by Gasteiger charge is -2.35. The molecule has 696 valence electrons. The first-order valence-electron chi connectivity index (χ1n) is 45.8. The predicted molar refractivity (Wildman–Crippen MR) is 543 cm³/mol. The standard InChI is InChI=1S/C41H36O6.2C40H34O6/c1-5-38(42)46-23-21-44-32-15-11-30(12-16-32)41(31-13-17-33(18-14-31)45-22-24-47-39(43)6-2)36-20-10-29-9-7-27(3)25-35(29)40(36)34-19-8-28(4)26-37(34)41;1-4-37(41)45-24-22-43-31-16-12-29(13-17-31)40(30-14-18-32(19-15-30)44-23-25-46-38(42)5-2)35-21-11-28-8-6-7-9-33(28)39(35)34-20-10-27(3)26-36(34)40;1-4-37(41)45-24-22-43-31-16-12-29(13-17-31)40(30-14-18-32(19-15-30)44-23-25-46-38(42)5-2)36-26-27(3)10-20-34(36)35-21-11-28-8-6-7-9-33(28)39(35)40/h5-20,25-26H,1-2,21-24H2,3-4H3;2*4-21,26H,1-2,22-25H2,3H3. The van der Waals surface area contributed by atoms with Gasteiger partial charge in [0, 0.05) is 36.5 Å². The molecular formula is C121H104O18. The summed E-state index contributed by atoms with van der Waals surface area (Å²) >= 11 is 0. The second-order valence-corrected chi connectivity index (χ2v) is 33.5. The molecule has 0 amide bonds. The van der Waals surface area contributed by atoms with Gasteiger partial charge >= 0.3 is 35.8 Å². The molecule has 3 aliphatic carbocycles. The van der Waals surface area contributed by atoms with Gasteiger partial charge in [0.05, 0.1) is 16.2 Å². The summed E-state index contributed by atoms with van der Waals surface area (Å²) in [7, 11) is 0. The highest BCUT2D eigenvalue weighted by Gasteiger charge is 2.51. The number of aryl methyl sites for hydroxylation is 4. The Hall–Kier alpha value is -16.9. The van der Waals surface area contributed by atoms with Crippen molar-refractivity contribution in [1.82, 2.24) is 0 Å². The fourth-order valence-corrected chi connectivity index (χ4v) is 19.1. The second-order valence-electron chi connectivity index (χ2n) is 33.5. The summed E-state index contributed by atoms with van der Waals surface area (Å²) in [4.78, 5) is 68.4. The number of hydrogen-bond acceptors (Lipinski definition) is 18. The van der Waals surface area contributed by atoms with Gasteiger partial charge in [-0.25, -0.2) is 28.8 Å². The number of esters is 6. The predicted octanol–water partition coefficient (Wildman–Crippen LogP) is 23.5. The highest BCUT2D eigenvalue weighted by atomic mass is 16.6. The maximum Gasteiger partial charge on any atom is 0.330 e. The van der Waals surface area contributed by atoms with E-state index < -0.39 is 52.1 Å². The molecule has 3 aliphatic rings. The third kappa shape index (κ3) is 19.9. The Kier molecular flexibility index (Phi) is 29.6. The molecule has 139 heavy (non-hydrogen) atoms. The van der Waals surface area contributed by atoms with Gasteiger partial charge in [0.15, 0.2) is 0 Å². The van der Waals surface area contributed by atoms with Crippen LogP contribution in [-0.4, -0.2) is 115 Å². The Morgan fingerprint density at radius 2 is 0.460 bits per heavy atom. The molecular weight excluding hydrogens is 1740 g/mol. The fourth-order valence-electron chi connectivity index (χ4n) is 19.1. The van der Waals surface area contributed by atoms with Crippen molar-refractivity contribution < 1.29 is 85.6 Å². The summed E-state index contributed by atoms with van der Waals surface area (Å²) in [5.41, 5.74) is 23.8. The molecule has 15 aromatic carbocycles.